The van der Waals surface area contributed by atoms with E-state index in [1.54, 1.807) is 0 Å². The number of hydrogen-bond donors (Lipinski definition) is 0. The van der Waals surface area contributed by atoms with E-state index < -0.39 is 0 Å². The van der Waals surface area contributed by atoms with Gasteiger partial charge in [-0.2, -0.15) is 0 Å². The Balaban J connectivity index is 1.60. The van der Waals surface area contributed by atoms with E-state index in [0.29, 0.717) is 6.04 Å². The molecule has 4 rings (SSSR count). The Morgan fingerprint density at radius 2 is 1.65 bits per heavy atom. The fraction of sp³-hybridized carbons (Fsp3) is 0.261. The molecule has 0 aliphatic carbocycles. The van der Waals surface area contributed by atoms with E-state index >= 15 is 0 Å². The van der Waals surface area contributed by atoms with Crippen LogP contribution in [0.2, 0.25) is 0 Å². The molecule has 26 heavy (non-hydrogen) atoms. The van der Waals surface area contributed by atoms with Gasteiger partial charge in [-0.3, -0.25) is 4.90 Å². The van der Waals surface area contributed by atoms with Crippen molar-refractivity contribution >= 4 is 0 Å². The number of rotatable bonds is 5. The first-order valence-corrected chi connectivity index (χ1v) is 9.36. The van der Waals surface area contributed by atoms with Gasteiger partial charge in [-0.1, -0.05) is 61.0 Å². The van der Waals surface area contributed by atoms with Gasteiger partial charge in [-0.05, 0) is 43.1 Å². The molecule has 1 aliphatic heterocycles. The predicted molar refractivity (Wildman–Crippen MR) is 104 cm³/mol. The van der Waals surface area contributed by atoms with Gasteiger partial charge in [0, 0.05) is 24.3 Å². The number of aromatic nitrogens is 1. The SMILES string of the molecule is c1ccc(CN2CCCCC2c2cccnc2Oc2ccccc2)cc1. The van der Waals surface area contributed by atoms with Crippen molar-refractivity contribution in [3.8, 4) is 11.6 Å². The average molecular weight is 344 g/mol. The zero-order valence-electron chi connectivity index (χ0n) is 14.9. The predicted octanol–water partition coefficient (Wildman–Crippen LogP) is 5.60. The van der Waals surface area contributed by atoms with Crippen molar-refractivity contribution in [1.29, 1.82) is 0 Å². The van der Waals surface area contributed by atoms with Crippen molar-refractivity contribution in [3.05, 3.63) is 90.1 Å². The number of nitrogens with zero attached hydrogens (tertiary/aromatic N) is 2. The third-order valence-electron chi connectivity index (χ3n) is 4.96. The summed E-state index contributed by atoms with van der Waals surface area (Å²) in [6.07, 6.45) is 5.45. The van der Waals surface area contributed by atoms with Gasteiger partial charge in [-0.15, -0.1) is 0 Å². The summed E-state index contributed by atoms with van der Waals surface area (Å²) < 4.78 is 6.12. The number of piperidine rings is 1. The van der Waals surface area contributed by atoms with Gasteiger partial charge >= 0.3 is 0 Å². The van der Waals surface area contributed by atoms with Crippen LogP contribution in [0.3, 0.4) is 0 Å². The molecule has 0 radical (unpaired) electrons. The Kier molecular flexibility index (Phi) is 5.27. The molecule has 1 unspecified atom stereocenters. The van der Waals surface area contributed by atoms with Gasteiger partial charge in [0.2, 0.25) is 5.88 Å². The van der Waals surface area contributed by atoms with Gasteiger partial charge in [0.1, 0.15) is 5.75 Å². The molecule has 1 aliphatic rings. The highest BCUT2D eigenvalue weighted by Crippen LogP contribution is 2.37. The summed E-state index contributed by atoms with van der Waals surface area (Å²) in [4.78, 5) is 7.10. The summed E-state index contributed by atoms with van der Waals surface area (Å²) in [5.41, 5.74) is 2.54. The van der Waals surface area contributed by atoms with Crippen LogP contribution in [-0.2, 0) is 6.54 Å². The number of likely N-dealkylation sites (tertiary alicyclic amines) is 1. The van der Waals surface area contributed by atoms with E-state index in [1.807, 2.05) is 42.6 Å². The van der Waals surface area contributed by atoms with E-state index in [1.165, 1.54) is 24.0 Å². The third-order valence-corrected chi connectivity index (χ3v) is 4.96. The van der Waals surface area contributed by atoms with Crippen LogP contribution in [0.25, 0.3) is 0 Å². The first-order chi connectivity index (χ1) is 12.9. The first kappa shape index (κ1) is 16.8. The second kappa shape index (κ2) is 8.15. The number of pyridine rings is 1. The molecule has 3 heteroatoms. The lowest BCUT2D eigenvalue weighted by Gasteiger charge is -2.36. The Hall–Kier alpha value is -2.65. The smallest absolute Gasteiger partial charge is 0.223 e. The summed E-state index contributed by atoms with van der Waals surface area (Å²) in [7, 11) is 0. The fourth-order valence-electron chi connectivity index (χ4n) is 3.69. The second-order valence-electron chi connectivity index (χ2n) is 6.78. The zero-order valence-corrected chi connectivity index (χ0v) is 14.9. The van der Waals surface area contributed by atoms with Crippen LogP contribution in [0.1, 0.15) is 36.4 Å². The summed E-state index contributed by atoms with van der Waals surface area (Å²) in [5, 5.41) is 0. The van der Waals surface area contributed by atoms with Crippen molar-refractivity contribution in [2.24, 2.45) is 0 Å². The number of para-hydroxylation sites is 1. The molecule has 0 bridgehead atoms. The molecule has 1 saturated heterocycles. The molecule has 3 nitrogen and oxygen atoms in total. The minimum Gasteiger partial charge on any atom is -0.439 e. The van der Waals surface area contributed by atoms with E-state index in [0.717, 1.165) is 31.1 Å². The molecular weight excluding hydrogens is 320 g/mol. The van der Waals surface area contributed by atoms with Gasteiger partial charge in [-0.25, -0.2) is 4.98 Å². The summed E-state index contributed by atoms with van der Waals surface area (Å²) in [6.45, 7) is 2.07. The highest BCUT2D eigenvalue weighted by atomic mass is 16.5. The Labute approximate surface area is 155 Å². The molecular formula is C23H24N2O. The van der Waals surface area contributed by atoms with Gasteiger partial charge in [0.05, 0.1) is 0 Å². The lowest BCUT2D eigenvalue weighted by Crippen LogP contribution is -2.33. The summed E-state index contributed by atoms with van der Waals surface area (Å²) >= 11 is 0. The monoisotopic (exact) mass is 344 g/mol. The van der Waals surface area contributed by atoms with Crippen LogP contribution in [0.5, 0.6) is 11.6 Å². The minimum absolute atomic E-state index is 0.344. The minimum atomic E-state index is 0.344. The van der Waals surface area contributed by atoms with E-state index in [2.05, 4.69) is 46.3 Å². The zero-order chi connectivity index (χ0) is 17.6. The van der Waals surface area contributed by atoms with Gasteiger partial charge in [0.25, 0.3) is 0 Å². The van der Waals surface area contributed by atoms with E-state index in [4.69, 9.17) is 4.74 Å². The maximum Gasteiger partial charge on any atom is 0.223 e. The molecule has 0 amide bonds. The van der Waals surface area contributed by atoms with Crippen LogP contribution in [0.15, 0.2) is 79.0 Å². The van der Waals surface area contributed by atoms with Crippen molar-refractivity contribution in [3.63, 3.8) is 0 Å². The Bertz CT molecular complexity index is 820. The van der Waals surface area contributed by atoms with Crippen molar-refractivity contribution in [2.45, 2.75) is 31.8 Å². The fourth-order valence-corrected chi connectivity index (χ4v) is 3.69. The van der Waals surface area contributed by atoms with E-state index in [-0.39, 0.29) is 0 Å². The summed E-state index contributed by atoms with van der Waals surface area (Å²) in [6, 6.07) is 25.2. The molecule has 0 N–H and O–H groups in total. The maximum atomic E-state index is 6.12. The lowest BCUT2D eigenvalue weighted by atomic mass is 9.95. The van der Waals surface area contributed by atoms with Crippen LogP contribution in [-0.4, -0.2) is 16.4 Å². The van der Waals surface area contributed by atoms with Crippen LogP contribution in [0.4, 0.5) is 0 Å². The quantitative estimate of drug-likeness (QED) is 0.602. The molecule has 1 aromatic heterocycles. The van der Waals surface area contributed by atoms with Crippen molar-refractivity contribution in [2.75, 3.05) is 6.54 Å². The third kappa shape index (κ3) is 3.94. The topological polar surface area (TPSA) is 25.4 Å². The average Bonchev–Trinajstić information content (AvgIpc) is 2.71. The highest BCUT2D eigenvalue weighted by Gasteiger charge is 2.27. The van der Waals surface area contributed by atoms with Crippen LogP contribution >= 0.6 is 0 Å². The van der Waals surface area contributed by atoms with Crippen molar-refractivity contribution < 1.29 is 4.74 Å². The lowest BCUT2D eigenvalue weighted by molar-refractivity contribution is 0.138. The van der Waals surface area contributed by atoms with Crippen LogP contribution < -0.4 is 4.74 Å². The molecule has 1 atom stereocenters. The Morgan fingerprint density at radius 1 is 0.885 bits per heavy atom. The molecule has 3 aromatic rings. The standard InChI is InChI=1S/C23H24N2O/c1-3-10-19(11-4-1)18-25-17-8-7-15-22(25)21-14-9-16-24-23(21)26-20-12-5-2-6-13-20/h1-6,9-14,16,22H,7-8,15,17-18H2. The van der Waals surface area contributed by atoms with Crippen LogP contribution in [0, 0.1) is 0 Å². The Morgan fingerprint density at radius 3 is 2.46 bits per heavy atom. The number of ether oxygens (including phenoxy) is 1. The molecule has 1 fully saturated rings. The maximum absolute atomic E-state index is 6.12. The number of benzene rings is 2. The molecule has 0 saturated carbocycles. The second-order valence-corrected chi connectivity index (χ2v) is 6.78. The summed E-state index contributed by atoms with van der Waals surface area (Å²) in [5.74, 6) is 1.56. The molecule has 132 valence electrons. The first-order valence-electron chi connectivity index (χ1n) is 9.36. The normalized spacial score (nSPS) is 17.8. The van der Waals surface area contributed by atoms with E-state index in [9.17, 15) is 0 Å². The number of hydrogen-bond acceptors (Lipinski definition) is 3. The molecule has 2 heterocycles. The van der Waals surface area contributed by atoms with Gasteiger partial charge in [0.15, 0.2) is 0 Å². The largest absolute Gasteiger partial charge is 0.439 e. The highest BCUT2D eigenvalue weighted by molar-refractivity contribution is 5.34. The molecule has 0 spiro atoms. The van der Waals surface area contributed by atoms with Crippen molar-refractivity contribution in [1.82, 2.24) is 9.88 Å². The van der Waals surface area contributed by atoms with Gasteiger partial charge < -0.3 is 4.74 Å². The molecule has 2 aromatic carbocycles.